The first-order valence-electron chi connectivity index (χ1n) is 7.90. The predicted octanol–water partition coefficient (Wildman–Crippen LogP) is 2.65. The maximum absolute atomic E-state index is 12.7. The molecule has 2 aromatic rings. The highest BCUT2D eigenvalue weighted by atomic mass is 16.2. The van der Waals surface area contributed by atoms with E-state index in [1.54, 1.807) is 30.5 Å². The van der Waals surface area contributed by atoms with Crippen LogP contribution in [0.2, 0.25) is 0 Å². The van der Waals surface area contributed by atoms with Gasteiger partial charge in [-0.2, -0.15) is 0 Å². The van der Waals surface area contributed by atoms with E-state index in [9.17, 15) is 9.59 Å². The Morgan fingerprint density at radius 3 is 2.75 bits per heavy atom. The minimum atomic E-state index is -0.425. The van der Waals surface area contributed by atoms with E-state index < -0.39 is 5.54 Å². The third kappa shape index (κ3) is 3.08. The molecule has 124 valence electrons. The highest BCUT2D eigenvalue weighted by molar-refractivity contribution is 6.01. The summed E-state index contributed by atoms with van der Waals surface area (Å²) in [6.45, 7) is 5.36. The monoisotopic (exact) mass is 324 g/mol. The molecule has 1 saturated carbocycles. The number of carbonyl (C=O) groups excluding carboxylic acids is 2. The van der Waals surface area contributed by atoms with Gasteiger partial charge in [0.2, 0.25) is 5.91 Å². The van der Waals surface area contributed by atoms with Crippen molar-refractivity contribution in [3.63, 3.8) is 0 Å². The molecule has 24 heavy (non-hydrogen) atoms. The van der Waals surface area contributed by atoms with Gasteiger partial charge >= 0.3 is 0 Å². The smallest absolute Gasteiger partial charge is 0.252 e. The zero-order chi connectivity index (χ0) is 17.2. The van der Waals surface area contributed by atoms with Gasteiger partial charge in [0, 0.05) is 23.1 Å². The molecule has 0 bridgehead atoms. The number of aromatic nitrogens is 2. The molecule has 1 aromatic carbocycles. The molecule has 1 fully saturated rings. The summed E-state index contributed by atoms with van der Waals surface area (Å²) in [5.74, 6) is 0.309. The summed E-state index contributed by atoms with van der Waals surface area (Å²) >= 11 is 0. The van der Waals surface area contributed by atoms with Gasteiger partial charge in [-0.1, -0.05) is 12.6 Å². The lowest BCUT2D eigenvalue weighted by molar-refractivity contribution is -0.111. The van der Waals surface area contributed by atoms with Crippen LogP contribution >= 0.6 is 0 Å². The number of rotatable bonds is 5. The summed E-state index contributed by atoms with van der Waals surface area (Å²) in [4.78, 5) is 31.7. The van der Waals surface area contributed by atoms with E-state index in [2.05, 4.69) is 27.2 Å². The maximum Gasteiger partial charge on any atom is 0.252 e. The second-order valence-electron chi connectivity index (χ2n) is 6.08. The van der Waals surface area contributed by atoms with Gasteiger partial charge in [0.15, 0.2) is 0 Å². The number of nitrogens with one attached hydrogen (secondary N) is 3. The van der Waals surface area contributed by atoms with E-state index in [-0.39, 0.29) is 11.8 Å². The Morgan fingerprint density at radius 2 is 2.17 bits per heavy atom. The Hall–Kier alpha value is -2.89. The van der Waals surface area contributed by atoms with E-state index in [0.717, 1.165) is 30.8 Å². The lowest BCUT2D eigenvalue weighted by Crippen LogP contribution is -2.51. The predicted molar refractivity (Wildman–Crippen MR) is 91.6 cm³/mol. The van der Waals surface area contributed by atoms with Crippen LogP contribution in [0.15, 0.2) is 43.1 Å². The Labute approximate surface area is 140 Å². The quantitative estimate of drug-likeness (QED) is 0.739. The molecule has 6 heteroatoms. The highest BCUT2D eigenvalue weighted by Gasteiger charge is 2.42. The Balaban J connectivity index is 1.78. The third-order valence-corrected chi connectivity index (χ3v) is 4.29. The zero-order valence-electron chi connectivity index (χ0n) is 13.6. The van der Waals surface area contributed by atoms with E-state index >= 15 is 0 Å². The molecular weight excluding hydrogens is 304 g/mol. The van der Waals surface area contributed by atoms with E-state index in [1.165, 1.54) is 6.08 Å². The first-order valence-corrected chi connectivity index (χ1v) is 7.90. The fraction of sp³-hybridized carbons (Fsp3) is 0.278. The molecule has 3 rings (SSSR count). The van der Waals surface area contributed by atoms with E-state index in [4.69, 9.17) is 0 Å². The molecule has 0 unspecified atom stereocenters. The second kappa shape index (κ2) is 6.31. The molecule has 3 N–H and O–H groups in total. The molecule has 1 aliphatic carbocycles. The Morgan fingerprint density at radius 1 is 1.38 bits per heavy atom. The number of carbonyl (C=O) groups is 2. The molecule has 0 atom stereocenters. The van der Waals surface area contributed by atoms with Crippen molar-refractivity contribution in [1.29, 1.82) is 0 Å². The normalized spacial score (nSPS) is 15.2. The van der Waals surface area contributed by atoms with Crippen molar-refractivity contribution < 1.29 is 9.59 Å². The number of benzene rings is 1. The van der Waals surface area contributed by atoms with Crippen molar-refractivity contribution in [3.05, 3.63) is 60.2 Å². The molecule has 0 spiro atoms. The van der Waals surface area contributed by atoms with Gasteiger partial charge in [-0.3, -0.25) is 9.59 Å². The lowest BCUT2D eigenvalue weighted by Gasteiger charge is -2.40. The van der Waals surface area contributed by atoms with Crippen LogP contribution in [0.1, 0.15) is 41.1 Å². The first-order chi connectivity index (χ1) is 11.5. The summed E-state index contributed by atoms with van der Waals surface area (Å²) in [5.41, 5.74) is 1.60. The maximum atomic E-state index is 12.7. The average molecular weight is 324 g/mol. The van der Waals surface area contributed by atoms with Crippen LogP contribution in [-0.2, 0) is 10.3 Å². The highest BCUT2D eigenvalue weighted by Crippen LogP contribution is 2.40. The van der Waals surface area contributed by atoms with Gasteiger partial charge in [0.05, 0.1) is 5.54 Å². The standard InChI is InChI=1S/C18H20N4O2/c1-3-15(23)21-14-7-4-6-13(10-14)16(24)22-18(8-5-9-18)17-19-11-12(2)20-17/h3-4,6-7,10-11H,1,5,8-9H2,2H3,(H,19,20)(H,21,23)(H,22,24). The SMILES string of the molecule is C=CC(=O)Nc1cccc(C(=O)NC2(c3ncc(C)[nH]3)CCC2)c1. The number of aryl methyl sites for hydroxylation is 1. The molecule has 0 radical (unpaired) electrons. The first kappa shape index (κ1) is 16.0. The number of amides is 2. The molecule has 1 heterocycles. The van der Waals surface area contributed by atoms with Crippen molar-refractivity contribution >= 4 is 17.5 Å². The van der Waals surface area contributed by atoms with Crippen LogP contribution in [-0.4, -0.2) is 21.8 Å². The largest absolute Gasteiger partial charge is 0.344 e. The number of nitrogens with zero attached hydrogens (tertiary/aromatic N) is 1. The summed E-state index contributed by atoms with van der Waals surface area (Å²) < 4.78 is 0. The van der Waals surface area contributed by atoms with Gasteiger partial charge in [0.1, 0.15) is 5.82 Å². The molecule has 2 amide bonds. The van der Waals surface area contributed by atoms with Crippen molar-refractivity contribution in [3.8, 4) is 0 Å². The van der Waals surface area contributed by atoms with Crippen LogP contribution in [0.5, 0.6) is 0 Å². The number of imidazole rings is 1. The molecule has 1 aliphatic rings. The molecule has 1 aromatic heterocycles. The number of anilines is 1. The van der Waals surface area contributed by atoms with Crippen LogP contribution in [0.4, 0.5) is 5.69 Å². The number of aromatic amines is 1. The molecule has 0 aliphatic heterocycles. The number of H-pyrrole nitrogens is 1. The fourth-order valence-electron chi connectivity index (χ4n) is 2.83. The van der Waals surface area contributed by atoms with Crippen molar-refractivity contribution in [1.82, 2.24) is 15.3 Å². The minimum absolute atomic E-state index is 0.182. The van der Waals surface area contributed by atoms with Gasteiger partial charge in [-0.15, -0.1) is 0 Å². The van der Waals surface area contributed by atoms with Gasteiger partial charge in [-0.25, -0.2) is 4.98 Å². The van der Waals surface area contributed by atoms with Crippen LogP contribution in [0.3, 0.4) is 0 Å². The van der Waals surface area contributed by atoms with Crippen molar-refractivity contribution in [2.45, 2.75) is 31.7 Å². The summed E-state index contributed by atoms with van der Waals surface area (Å²) in [6.07, 6.45) is 5.73. The minimum Gasteiger partial charge on any atom is -0.344 e. The van der Waals surface area contributed by atoms with Gasteiger partial charge in [-0.05, 0) is 50.5 Å². The zero-order valence-corrected chi connectivity index (χ0v) is 13.6. The van der Waals surface area contributed by atoms with Crippen molar-refractivity contribution in [2.75, 3.05) is 5.32 Å². The molecule has 0 saturated heterocycles. The second-order valence-corrected chi connectivity index (χ2v) is 6.08. The topological polar surface area (TPSA) is 86.9 Å². The molecule has 6 nitrogen and oxygen atoms in total. The Bertz CT molecular complexity index is 790. The average Bonchev–Trinajstić information content (AvgIpc) is 2.97. The van der Waals surface area contributed by atoms with E-state index in [1.807, 2.05) is 6.92 Å². The third-order valence-electron chi connectivity index (χ3n) is 4.29. The van der Waals surface area contributed by atoms with Crippen LogP contribution in [0.25, 0.3) is 0 Å². The van der Waals surface area contributed by atoms with E-state index in [0.29, 0.717) is 11.3 Å². The van der Waals surface area contributed by atoms with Crippen LogP contribution in [0, 0.1) is 6.92 Å². The molecular formula is C18H20N4O2. The summed E-state index contributed by atoms with van der Waals surface area (Å²) in [5, 5.41) is 5.76. The van der Waals surface area contributed by atoms with Gasteiger partial charge in [0.25, 0.3) is 5.91 Å². The van der Waals surface area contributed by atoms with Crippen molar-refractivity contribution in [2.24, 2.45) is 0 Å². The number of hydrogen-bond donors (Lipinski definition) is 3. The van der Waals surface area contributed by atoms with Gasteiger partial charge < -0.3 is 15.6 Å². The van der Waals surface area contributed by atoms with Crippen LogP contribution < -0.4 is 10.6 Å². The summed E-state index contributed by atoms with van der Waals surface area (Å²) in [6, 6.07) is 6.83. The Kier molecular flexibility index (Phi) is 4.20. The fourth-order valence-corrected chi connectivity index (χ4v) is 2.83. The summed E-state index contributed by atoms with van der Waals surface area (Å²) in [7, 11) is 0. The lowest BCUT2D eigenvalue weighted by atomic mass is 9.76. The number of hydrogen-bond acceptors (Lipinski definition) is 3.